The lowest BCUT2D eigenvalue weighted by molar-refractivity contribution is -0.139. The molecule has 0 aliphatic rings. The molecule has 1 aromatic carbocycles. The first-order chi connectivity index (χ1) is 15.6. The Labute approximate surface area is 210 Å². The number of carbonyl (C=O) groups is 1. The van der Waals surface area contributed by atoms with Gasteiger partial charge in [-0.25, -0.2) is 4.79 Å². The van der Waals surface area contributed by atoms with E-state index in [1.165, 1.54) is 14.2 Å². The van der Waals surface area contributed by atoms with Crippen molar-refractivity contribution in [2.24, 2.45) is 5.92 Å². The van der Waals surface area contributed by atoms with Crippen molar-refractivity contribution in [3.63, 3.8) is 0 Å². The third kappa shape index (κ3) is 8.09. The van der Waals surface area contributed by atoms with Crippen molar-refractivity contribution in [3.8, 4) is 23.0 Å². The molecule has 0 heterocycles. The summed E-state index contributed by atoms with van der Waals surface area (Å²) >= 11 is 0. The number of esters is 1. The van der Waals surface area contributed by atoms with Gasteiger partial charge in [0.25, 0.3) is 0 Å². The first-order valence-electron chi connectivity index (χ1n) is 11.4. The van der Waals surface area contributed by atoms with Crippen molar-refractivity contribution in [1.29, 1.82) is 0 Å². The number of rotatable bonds is 12. The maximum atomic E-state index is 13.1. The topological polar surface area (TPSA) is 72.5 Å². The molecule has 0 aromatic heterocycles. The second kappa shape index (κ2) is 12.2. The minimum absolute atomic E-state index is 0.332. The first kappa shape index (κ1) is 30.1. The Morgan fingerprint density at radius 3 is 1.79 bits per heavy atom. The molecule has 1 rings (SSSR count). The normalized spacial score (nSPS) is 12.8. The molecule has 0 bridgehead atoms. The molecule has 0 saturated carbocycles. The van der Waals surface area contributed by atoms with Crippen LogP contribution in [0.1, 0.15) is 32.8 Å². The van der Waals surface area contributed by atoms with Crippen LogP contribution in [0.15, 0.2) is 5.57 Å². The number of methoxy groups -OCH3 is 3. The maximum absolute atomic E-state index is 13.1. The summed E-state index contributed by atoms with van der Waals surface area (Å²) in [5.74, 6) is 1.97. The quantitative estimate of drug-likeness (QED) is 0.166. The van der Waals surface area contributed by atoms with Crippen LogP contribution in [-0.2, 0) is 14.0 Å². The van der Waals surface area contributed by atoms with Crippen molar-refractivity contribution in [2.75, 3.05) is 27.9 Å². The largest absolute Gasteiger partial charge is 0.544 e. The Bertz CT molecular complexity index is 898. The van der Waals surface area contributed by atoms with Gasteiger partial charge in [-0.2, -0.15) is 0 Å². The summed E-state index contributed by atoms with van der Waals surface area (Å²) in [6, 6.07) is 0. The minimum Gasteiger partial charge on any atom is -0.544 e. The van der Waals surface area contributed by atoms with Crippen LogP contribution in [0.2, 0.25) is 39.3 Å². The predicted octanol–water partition coefficient (Wildman–Crippen LogP) is 4.89. The fourth-order valence-electron chi connectivity index (χ4n) is 3.06. The molecule has 10 heteroatoms. The van der Waals surface area contributed by atoms with Crippen LogP contribution < -0.4 is 23.8 Å². The van der Waals surface area contributed by atoms with Crippen molar-refractivity contribution in [1.82, 2.24) is 0 Å². The van der Waals surface area contributed by atoms with Gasteiger partial charge in [-0.15, -0.1) is 0 Å². The van der Waals surface area contributed by atoms with Gasteiger partial charge in [0.05, 0.1) is 43.8 Å². The smallest absolute Gasteiger partial charge is 0.337 e. The summed E-state index contributed by atoms with van der Waals surface area (Å²) in [5, 5.41) is 0.551. The molecule has 0 aliphatic heterocycles. The lowest BCUT2D eigenvalue weighted by Gasteiger charge is -2.31. The van der Waals surface area contributed by atoms with Crippen LogP contribution in [0.4, 0.5) is 0 Å². The van der Waals surface area contributed by atoms with E-state index in [1.807, 2.05) is 19.6 Å². The molecule has 0 fully saturated rings. The van der Waals surface area contributed by atoms with Crippen molar-refractivity contribution in [2.45, 2.75) is 66.5 Å². The van der Waals surface area contributed by atoms with E-state index < -0.39 is 22.6 Å². The maximum Gasteiger partial charge on any atom is 0.337 e. The highest BCUT2D eigenvalue weighted by Crippen LogP contribution is 2.48. The zero-order valence-corrected chi connectivity index (χ0v) is 25.8. The van der Waals surface area contributed by atoms with Crippen LogP contribution in [-0.4, -0.2) is 60.8 Å². The standard InChI is InChI=1S/C24H41O7Si3/c1-15(2)13-14-29-24(25)16(3)18(30-33(7,8)9)17-19(26-4)21(27-5)22(28-6)23(32)20(17)31-34(10,11)12/h15H,13-14H2,1-12H3/b18-16+. The zero-order chi connectivity index (χ0) is 26.4. The second-order valence-corrected chi connectivity index (χ2v) is 19.7. The first-order valence-corrected chi connectivity index (χ1v) is 18.7. The highest BCUT2D eigenvalue weighted by Gasteiger charge is 2.35. The van der Waals surface area contributed by atoms with E-state index >= 15 is 0 Å². The Balaban J connectivity index is 4.02. The zero-order valence-electron chi connectivity index (χ0n) is 22.8. The van der Waals surface area contributed by atoms with Crippen molar-refractivity contribution < 1.29 is 32.6 Å². The van der Waals surface area contributed by atoms with Gasteiger partial charge in [0.2, 0.25) is 22.4 Å². The molecule has 0 unspecified atom stereocenters. The SMILES string of the molecule is COc1c([Si])c(O[Si](C)(C)C)c(/C(O[Si](C)(C)C)=C(/C)C(=O)OCCC(C)C)c(OC)c1OC. The molecule has 1 aromatic rings. The number of hydrogen-bond acceptors (Lipinski definition) is 7. The number of benzene rings is 1. The number of hydrogen-bond donors (Lipinski definition) is 0. The molecule has 34 heavy (non-hydrogen) atoms. The van der Waals surface area contributed by atoms with E-state index in [1.54, 1.807) is 14.0 Å². The lowest BCUT2D eigenvalue weighted by Crippen LogP contribution is -2.34. The van der Waals surface area contributed by atoms with Crippen molar-refractivity contribution >= 4 is 43.8 Å². The molecule has 0 amide bonds. The van der Waals surface area contributed by atoms with Crippen LogP contribution >= 0.6 is 0 Å². The fraction of sp³-hybridized carbons (Fsp3) is 0.625. The lowest BCUT2D eigenvalue weighted by atomic mass is 10.0. The summed E-state index contributed by atoms with van der Waals surface area (Å²) in [4.78, 5) is 13.1. The van der Waals surface area contributed by atoms with E-state index in [-0.39, 0.29) is 0 Å². The molecule has 0 spiro atoms. The second-order valence-electron chi connectivity index (χ2n) is 10.4. The third-order valence-corrected chi connectivity index (χ3v) is 6.64. The summed E-state index contributed by atoms with van der Waals surface area (Å²) in [6.45, 7) is 18.6. The molecule has 0 N–H and O–H groups in total. The summed E-state index contributed by atoms with van der Waals surface area (Å²) in [7, 11) is 4.00. The summed E-state index contributed by atoms with van der Waals surface area (Å²) in [5.41, 5.74) is 0.830. The van der Waals surface area contributed by atoms with Crippen molar-refractivity contribution in [3.05, 3.63) is 11.1 Å². The van der Waals surface area contributed by atoms with Crippen LogP contribution in [0.3, 0.4) is 0 Å². The highest BCUT2D eigenvalue weighted by molar-refractivity contribution is 6.71. The van der Waals surface area contributed by atoms with Crippen LogP contribution in [0.25, 0.3) is 5.76 Å². The van der Waals surface area contributed by atoms with Crippen LogP contribution in [0.5, 0.6) is 23.0 Å². The van der Waals surface area contributed by atoms with E-state index in [0.29, 0.717) is 57.6 Å². The summed E-state index contributed by atoms with van der Waals surface area (Å²) < 4.78 is 35.7. The Kier molecular flexibility index (Phi) is 10.8. The van der Waals surface area contributed by atoms with Gasteiger partial charge in [0, 0.05) is 5.19 Å². The van der Waals surface area contributed by atoms with Gasteiger partial charge in [0.15, 0.2) is 11.5 Å². The predicted molar refractivity (Wildman–Crippen MR) is 143 cm³/mol. The molecule has 0 atom stereocenters. The van der Waals surface area contributed by atoms with Gasteiger partial charge < -0.3 is 27.8 Å². The molecule has 191 valence electrons. The van der Waals surface area contributed by atoms with E-state index in [2.05, 4.69) is 43.7 Å². The van der Waals surface area contributed by atoms with Gasteiger partial charge in [-0.1, -0.05) is 13.8 Å². The Morgan fingerprint density at radius 1 is 0.853 bits per heavy atom. The molecule has 0 aliphatic carbocycles. The van der Waals surface area contributed by atoms with E-state index in [9.17, 15) is 4.79 Å². The molecule has 0 saturated heterocycles. The monoisotopic (exact) mass is 525 g/mol. The Hall–Kier alpha value is -1.92. The minimum atomic E-state index is -2.20. The van der Waals surface area contributed by atoms with Gasteiger partial charge >= 0.3 is 5.97 Å². The average Bonchev–Trinajstić information content (AvgIpc) is 2.70. The molecule has 7 nitrogen and oxygen atoms in total. The van der Waals surface area contributed by atoms with E-state index in [0.717, 1.165) is 6.42 Å². The number of ether oxygens (including phenoxy) is 4. The number of carbonyl (C=O) groups excluding carboxylic acids is 1. The fourth-order valence-corrected chi connectivity index (χ4v) is 5.24. The molecular formula is C24H41O7Si3. The summed E-state index contributed by atoms with van der Waals surface area (Å²) in [6.07, 6.45) is 0.776. The Morgan fingerprint density at radius 2 is 1.38 bits per heavy atom. The third-order valence-electron chi connectivity index (χ3n) is 4.55. The molecule has 3 radical (unpaired) electrons. The molecular weight excluding hydrogens is 485 g/mol. The highest BCUT2D eigenvalue weighted by atomic mass is 28.4. The van der Waals surface area contributed by atoms with Crippen LogP contribution in [0, 0.1) is 5.92 Å². The van der Waals surface area contributed by atoms with Gasteiger partial charge in [0.1, 0.15) is 17.1 Å². The van der Waals surface area contributed by atoms with E-state index in [4.69, 9.17) is 27.8 Å². The van der Waals surface area contributed by atoms with Gasteiger partial charge in [-0.3, -0.25) is 0 Å². The van der Waals surface area contributed by atoms with Gasteiger partial charge in [-0.05, 0) is 58.5 Å². The average molecular weight is 526 g/mol.